The number of hydrogen-bond donors (Lipinski definition) is 1. The molecule has 0 saturated heterocycles. The zero-order chi connectivity index (χ0) is 25.3. The molecule has 0 aromatic heterocycles. The standard InChI is InChI=1S/C29H30Br2N2O3/c30-23-12-10-22(11-13-23)19-33(28(34)20-36-26-16-14-24(31)15-17-26)27(18-21-6-2-1-3-7-21)29(35)32-25-8-4-5-9-25/h1-3,6-7,10-17,25,27H,4-5,8-9,18-20H2,(H,32,35)/t27-/m0/s1. The molecule has 7 heteroatoms. The molecule has 2 amide bonds. The van der Waals surface area contributed by atoms with Crippen LogP contribution in [0.3, 0.4) is 0 Å². The average molecular weight is 614 g/mol. The van der Waals surface area contributed by atoms with Crippen molar-refractivity contribution in [1.29, 1.82) is 0 Å². The summed E-state index contributed by atoms with van der Waals surface area (Å²) in [6, 6.07) is 24.6. The number of carbonyl (C=O) groups excluding carboxylic acids is 2. The van der Waals surface area contributed by atoms with Crippen LogP contribution in [-0.4, -0.2) is 35.4 Å². The average Bonchev–Trinajstić information content (AvgIpc) is 3.40. The minimum Gasteiger partial charge on any atom is -0.484 e. The fourth-order valence-electron chi connectivity index (χ4n) is 4.47. The molecule has 1 fully saturated rings. The van der Waals surface area contributed by atoms with E-state index in [1.807, 2.05) is 78.9 Å². The molecule has 0 aliphatic heterocycles. The SMILES string of the molecule is O=C(NC1CCCC1)[C@H](Cc1ccccc1)N(Cc1ccc(Br)cc1)C(=O)COc1ccc(Br)cc1. The molecule has 0 spiro atoms. The second-order valence-corrected chi connectivity index (χ2v) is 10.9. The fraction of sp³-hybridized carbons (Fsp3) is 0.310. The number of ether oxygens (including phenoxy) is 1. The van der Waals surface area contributed by atoms with Crippen LogP contribution in [-0.2, 0) is 22.6 Å². The van der Waals surface area contributed by atoms with Crippen LogP contribution in [0.4, 0.5) is 0 Å². The lowest BCUT2D eigenvalue weighted by Gasteiger charge is -2.32. The van der Waals surface area contributed by atoms with Crippen LogP contribution in [0, 0.1) is 0 Å². The summed E-state index contributed by atoms with van der Waals surface area (Å²) in [7, 11) is 0. The third kappa shape index (κ3) is 7.68. The summed E-state index contributed by atoms with van der Waals surface area (Å²) in [5.41, 5.74) is 1.95. The van der Waals surface area contributed by atoms with Crippen LogP contribution in [0.25, 0.3) is 0 Å². The predicted octanol–water partition coefficient (Wildman–Crippen LogP) is 6.29. The van der Waals surface area contributed by atoms with Gasteiger partial charge in [0.2, 0.25) is 5.91 Å². The molecule has 1 N–H and O–H groups in total. The van der Waals surface area contributed by atoms with E-state index >= 15 is 0 Å². The summed E-state index contributed by atoms with van der Waals surface area (Å²) in [6.45, 7) is 0.158. The van der Waals surface area contributed by atoms with Crippen molar-refractivity contribution >= 4 is 43.7 Å². The molecular weight excluding hydrogens is 584 g/mol. The lowest BCUT2D eigenvalue weighted by Crippen LogP contribution is -2.53. The van der Waals surface area contributed by atoms with Crippen molar-refractivity contribution in [3.8, 4) is 5.75 Å². The van der Waals surface area contributed by atoms with E-state index in [1.165, 1.54) is 0 Å². The zero-order valence-electron chi connectivity index (χ0n) is 20.0. The molecule has 1 saturated carbocycles. The third-order valence-corrected chi connectivity index (χ3v) is 7.47. The molecule has 0 heterocycles. The highest BCUT2D eigenvalue weighted by Gasteiger charge is 2.32. The first kappa shape index (κ1) is 26.4. The number of hydrogen-bond acceptors (Lipinski definition) is 3. The Morgan fingerprint density at radius 1 is 0.861 bits per heavy atom. The minimum atomic E-state index is -0.655. The van der Waals surface area contributed by atoms with Gasteiger partial charge in [-0.05, 0) is 60.4 Å². The van der Waals surface area contributed by atoms with Crippen LogP contribution in [0.5, 0.6) is 5.75 Å². The van der Waals surface area contributed by atoms with Crippen molar-refractivity contribution < 1.29 is 14.3 Å². The molecular formula is C29H30Br2N2O3. The van der Waals surface area contributed by atoms with E-state index in [4.69, 9.17) is 4.74 Å². The number of amides is 2. The van der Waals surface area contributed by atoms with Crippen LogP contribution < -0.4 is 10.1 Å². The van der Waals surface area contributed by atoms with Gasteiger partial charge in [0.05, 0.1) is 0 Å². The normalized spacial score (nSPS) is 14.3. The molecule has 0 bridgehead atoms. The van der Waals surface area contributed by atoms with Crippen LogP contribution in [0.15, 0.2) is 87.8 Å². The summed E-state index contributed by atoms with van der Waals surface area (Å²) in [5, 5.41) is 3.22. The van der Waals surface area contributed by atoms with E-state index < -0.39 is 6.04 Å². The monoisotopic (exact) mass is 612 g/mol. The number of carbonyl (C=O) groups is 2. The molecule has 1 atom stereocenters. The Kier molecular flexibility index (Phi) is 9.59. The molecule has 1 aliphatic rings. The van der Waals surface area contributed by atoms with Crippen LogP contribution >= 0.6 is 31.9 Å². The summed E-state index contributed by atoms with van der Waals surface area (Å²) in [5.74, 6) is 0.258. The third-order valence-electron chi connectivity index (χ3n) is 6.41. The molecule has 3 aromatic carbocycles. The number of benzene rings is 3. The van der Waals surface area contributed by atoms with Gasteiger partial charge in [0.15, 0.2) is 6.61 Å². The second kappa shape index (κ2) is 13.1. The Balaban J connectivity index is 1.59. The molecule has 0 radical (unpaired) electrons. The van der Waals surface area contributed by atoms with Gasteiger partial charge in [-0.3, -0.25) is 9.59 Å². The quantitative estimate of drug-likeness (QED) is 0.292. The van der Waals surface area contributed by atoms with Gasteiger partial charge >= 0.3 is 0 Å². The highest BCUT2D eigenvalue weighted by molar-refractivity contribution is 9.10. The van der Waals surface area contributed by atoms with Gasteiger partial charge in [0.25, 0.3) is 5.91 Å². The van der Waals surface area contributed by atoms with Gasteiger partial charge in [-0.1, -0.05) is 87.2 Å². The van der Waals surface area contributed by atoms with Crippen molar-refractivity contribution in [3.05, 3.63) is 98.9 Å². The first-order valence-electron chi connectivity index (χ1n) is 12.2. The van der Waals surface area contributed by atoms with E-state index in [2.05, 4.69) is 37.2 Å². The molecule has 0 unspecified atom stereocenters. The van der Waals surface area contributed by atoms with Gasteiger partial charge in [-0.2, -0.15) is 0 Å². The van der Waals surface area contributed by atoms with Gasteiger partial charge in [-0.15, -0.1) is 0 Å². The number of rotatable bonds is 10. The van der Waals surface area contributed by atoms with Crippen molar-refractivity contribution in [3.63, 3.8) is 0 Å². The van der Waals surface area contributed by atoms with E-state index in [-0.39, 0.29) is 24.5 Å². The number of nitrogens with one attached hydrogen (secondary N) is 1. The number of nitrogens with zero attached hydrogens (tertiary/aromatic N) is 1. The van der Waals surface area contributed by atoms with E-state index in [0.717, 1.165) is 45.8 Å². The van der Waals surface area contributed by atoms with E-state index in [0.29, 0.717) is 18.7 Å². The van der Waals surface area contributed by atoms with E-state index in [9.17, 15) is 9.59 Å². The summed E-state index contributed by atoms with van der Waals surface area (Å²) in [6.07, 6.45) is 4.64. The summed E-state index contributed by atoms with van der Waals surface area (Å²) < 4.78 is 7.72. The fourth-order valence-corrected chi connectivity index (χ4v) is 5.00. The molecule has 36 heavy (non-hydrogen) atoms. The lowest BCUT2D eigenvalue weighted by atomic mass is 10.0. The summed E-state index contributed by atoms with van der Waals surface area (Å²) >= 11 is 6.89. The smallest absolute Gasteiger partial charge is 0.261 e. The van der Waals surface area contributed by atoms with Crippen molar-refractivity contribution in [2.75, 3.05) is 6.61 Å². The molecule has 188 valence electrons. The van der Waals surface area contributed by atoms with Crippen molar-refractivity contribution in [1.82, 2.24) is 10.2 Å². The lowest BCUT2D eigenvalue weighted by molar-refractivity contribution is -0.143. The maximum absolute atomic E-state index is 13.6. The van der Waals surface area contributed by atoms with E-state index in [1.54, 1.807) is 4.90 Å². The maximum atomic E-state index is 13.6. The van der Waals surface area contributed by atoms with Gasteiger partial charge in [-0.25, -0.2) is 0 Å². The highest BCUT2D eigenvalue weighted by Crippen LogP contribution is 2.21. The summed E-state index contributed by atoms with van der Waals surface area (Å²) in [4.78, 5) is 28.9. The first-order chi connectivity index (χ1) is 17.5. The molecule has 5 nitrogen and oxygen atoms in total. The predicted molar refractivity (Wildman–Crippen MR) is 149 cm³/mol. The molecule has 3 aromatic rings. The zero-order valence-corrected chi connectivity index (χ0v) is 23.2. The Morgan fingerprint density at radius 3 is 2.11 bits per heavy atom. The van der Waals surface area contributed by atoms with Crippen LogP contribution in [0.2, 0.25) is 0 Å². The van der Waals surface area contributed by atoms with Crippen molar-refractivity contribution in [2.24, 2.45) is 0 Å². The Morgan fingerprint density at radius 2 is 1.47 bits per heavy atom. The molecule has 4 rings (SSSR count). The van der Waals surface area contributed by atoms with Gasteiger partial charge in [0, 0.05) is 28.0 Å². The van der Waals surface area contributed by atoms with Gasteiger partial charge in [0.1, 0.15) is 11.8 Å². The van der Waals surface area contributed by atoms with Crippen LogP contribution in [0.1, 0.15) is 36.8 Å². The maximum Gasteiger partial charge on any atom is 0.261 e. The molecule has 1 aliphatic carbocycles. The second-order valence-electron chi connectivity index (χ2n) is 9.09. The Labute approximate surface area is 229 Å². The first-order valence-corrected chi connectivity index (χ1v) is 13.8. The highest BCUT2D eigenvalue weighted by atomic mass is 79.9. The minimum absolute atomic E-state index is 0.111. The topological polar surface area (TPSA) is 58.6 Å². The van der Waals surface area contributed by atoms with Gasteiger partial charge < -0.3 is 15.0 Å². The number of halogens is 2. The Bertz CT molecular complexity index is 1130. The Hall–Kier alpha value is -2.64. The largest absolute Gasteiger partial charge is 0.484 e. The van der Waals surface area contributed by atoms with Crippen molar-refractivity contribution in [2.45, 2.75) is 50.7 Å².